The maximum Gasteiger partial charge on any atom is 0.362 e. The van der Waals surface area contributed by atoms with Crippen LogP contribution >= 0.6 is 0 Å². The van der Waals surface area contributed by atoms with E-state index < -0.39 is 5.97 Å². The number of rotatable bonds is 6. The van der Waals surface area contributed by atoms with Crippen LogP contribution in [-0.2, 0) is 9.53 Å². The average molecular weight is 424 g/mol. The largest absolute Gasteiger partial charge is 0.464 e. The van der Waals surface area contributed by atoms with Gasteiger partial charge in [-0.1, -0.05) is 26.0 Å². The number of azo groups is 1. The lowest BCUT2D eigenvalue weighted by Crippen LogP contribution is -2.26. The highest BCUT2D eigenvalue weighted by molar-refractivity contribution is 5.93. The summed E-state index contributed by atoms with van der Waals surface area (Å²) < 4.78 is 4.98. The third-order valence-electron chi connectivity index (χ3n) is 5.07. The van der Waals surface area contributed by atoms with Crippen LogP contribution in [0.3, 0.4) is 0 Å². The number of esters is 1. The van der Waals surface area contributed by atoms with E-state index in [4.69, 9.17) is 4.74 Å². The van der Waals surface area contributed by atoms with Crippen molar-refractivity contribution in [3.05, 3.63) is 60.0 Å². The van der Waals surface area contributed by atoms with Gasteiger partial charge in [-0.05, 0) is 50.2 Å². The topological polar surface area (TPSA) is 60.7 Å². The Bertz CT molecular complexity index is 902. The number of ether oxygens (including phenoxy) is 1. The molecule has 0 N–H and O–H groups in total. The lowest BCUT2D eigenvalue weighted by molar-refractivity contribution is -0.136. The molecule has 0 fully saturated rings. The van der Waals surface area contributed by atoms with E-state index in [1.54, 1.807) is 0 Å². The fourth-order valence-corrected chi connectivity index (χ4v) is 3.50. The normalized spacial score (nSPS) is 12.4. The van der Waals surface area contributed by atoms with Gasteiger partial charge in [0.2, 0.25) is 5.70 Å². The first-order chi connectivity index (χ1) is 15.0. The zero-order chi connectivity index (χ0) is 23.0. The Labute approximate surface area is 185 Å². The lowest BCUT2D eigenvalue weighted by Gasteiger charge is -2.20. The van der Waals surface area contributed by atoms with E-state index in [-0.39, 0.29) is 5.70 Å². The molecule has 2 aromatic carbocycles. The van der Waals surface area contributed by atoms with Gasteiger partial charge in [-0.2, -0.15) is 5.11 Å². The van der Waals surface area contributed by atoms with E-state index in [0.717, 1.165) is 30.2 Å². The van der Waals surface area contributed by atoms with Crippen molar-refractivity contribution in [2.45, 2.75) is 27.7 Å². The molecule has 1 aliphatic rings. The van der Waals surface area contributed by atoms with Crippen LogP contribution in [0.15, 0.2) is 70.3 Å². The smallest absolute Gasteiger partial charge is 0.362 e. The highest BCUT2D eigenvalue weighted by Crippen LogP contribution is 2.40. The van der Waals surface area contributed by atoms with Gasteiger partial charge in [-0.25, -0.2) is 4.79 Å². The summed E-state index contributed by atoms with van der Waals surface area (Å²) in [5, 5.41) is 8.58. The molecule has 1 heterocycles. The highest BCUT2D eigenvalue weighted by Gasteiger charge is 2.32. The van der Waals surface area contributed by atoms with Gasteiger partial charge < -0.3 is 19.4 Å². The van der Waals surface area contributed by atoms with E-state index in [1.807, 2.05) is 86.3 Å². The predicted molar refractivity (Wildman–Crippen MR) is 128 cm³/mol. The molecular weight excluding hydrogens is 390 g/mol. The Morgan fingerprint density at radius 3 is 1.90 bits per heavy atom. The second kappa shape index (κ2) is 11.2. The molecule has 0 aliphatic carbocycles. The van der Waals surface area contributed by atoms with E-state index in [2.05, 4.69) is 29.0 Å². The van der Waals surface area contributed by atoms with Gasteiger partial charge in [0.05, 0.1) is 24.2 Å². The average Bonchev–Trinajstić information content (AvgIpc) is 3.07. The minimum absolute atomic E-state index is 0.154. The number of anilines is 3. The van der Waals surface area contributed by atoms with Gasteiger partial charge in [0.25, 0.3) is 0 Å². The monoisotopic (exact) mass is 423 g/mol. The molecule has 0 saturated heterocycles. The molecular formula is C24H33N5O2. The summed E-state index contributed by atoms with van der Waals surface area (Å²) in [6, 6.07) is 15.7. The Morgan fingerprint density at radius 1 is 0.935 bits per heavy atom. The van der Waals surface area contributed by atoms with Crippen LogP contribution < -0.4 is 14.7 Å². The molecule has 0 amide bonds. The fraction of sp³-hybridized carbons (Fsp3) is 0.375. The van der Waals surface area contributed by atoms with Crippen LogP contribution in [0.1, 0.15) is 27.7 Å². The highest BCUT2D eigenvalue weighted by atomic mass is 16.5. The first kappa shape index (κ1) is 23.9. The fourth-order valence-electron chi connectivity index (χ4n) is 3.50. The SMILES string of the molecule is CC.CCN(CC)c1ccc(N=NC(C(=O)OC)=C2N(C)c3ccccc3N2C)cc1. The lowest BCUT2D eigenvalue weighted by atomic mass is 10.2. The van der Waals surface area contributed by atoms with E-state index >= 15 is 0 Å². The Hall–Kier alpha value is -3.35. The van der Waals surface area contributed by atoms with Crippen LogP contribution in [0.25, 0.3) is 0 Å². The standard InChI is InChI=1S/C22H27N5O2.C2H6/c1-6-27(7-2)17-14-12-16(13-15-17)23-24-20(22(28)29-5)21-25(3)18-10-8-9-11-19(18)26(21)4;1-2/h8-15H,6-7H2,1-5H3;1-2H3. The van der Waals surface area contributed by atoms with Crippen molar-refractivity contribution in [1.82, 2.24) is 0 Å². The molecule has 7 nitrogen and oxygen atoms in total. The predicted octanol–water partition coefficient (Wildman–Crippen LogP) is 5.57. The third-order valence-corrected chi connectivity index (χ3v) is 5.07. The second-order valence-electron chi connectivity index (χ2n) is 6.66. The second-order valence-corrected chi connectivity index (χ2v) is 6.66. The summed E-state index contributed by atoms with van der Waals surface area (Å²) in [4.78, 5) is 18.6. The van der Waals surface area contributed by atoms with Crippen molar-refractivity contribution in [2.75, 3.05) is 49.0 Å². The van der Waals surface area contributed by atoms with Crippen LogP contribution in [0, 0.1) is 0 Å². The summed E-state index contributed by atoms with van der Waals surface area (Å²) in [7, 11) is 5.14. The number of fused-ring (bicyclic) bond motifs is 1. The molecule has 166 valence electrons. The Balaban J connectivity index is 0.00000166. The van der Waals surface area contributed by atoms with Crippen molar-refractivity contribution >= 4 is 28.7 Å². The summed E-state index contributed by atoms with van der Waals surface area (Å²) in [5.41, 5.74) is 3.94. The molecule has 0 atom stereocenters. The molecule has 0 saturated carbocycles. The first-order valence-corrected chi connectivity index (χ1v) is 10.7. The Kier molecular flexibility index (Phi) is 8.61. The van der Waals surface area contributed by atoms with Crippen molar-refractivity contribution in [1.29, 1.82) is 0 Å². The number of carbonyl (C=O) groups is 1. The zero-order valence-electron chi connectivity index (χ0n) is 19.6. The van der Waals surface area contributed by atoms with Gasteiger partial charge in [-0.15, -0.1) is 5.11 Å². The number of para-hydroxylation sites is 2. The Morgan fingerprint density at radius 2 is 1.45 bits per heavy atom. The van der Waals surface area contributed by atoms with Gasteiger partial charge in [-0.3, -0.25) is 0 Å². The van der Waals surface area contributed by atoms with Gasteiger partial charge in [0.15, 0.2) is 0 Å². The number of carbonyl (C=O) groups excluding carboxylic acids is 1. The van der Waals surface area contributed by atoms with Gasteiger partial charge in [0, 0.05) is 32.9 Å². The molecule has 0 radical (unpaired) electrons. The number of hydrogen-bond acceptors (Lipinski definition) is 7. The van der Waals surface area contributed by atoms with Crippen LogP contribution in [0.2, 0.25) is 0 Å². The van der Waals surface area contributed by atoms with Gasteiger partial charge >= 0.3 is 5.97 Å². The molecule has 3 rings (SSSR count). The first-order valence-electron chi connectivity index (χ1n) is 10.7. The quantitative estimate of drug-likeness (QED) is 0.345. The minimum atomic E-state index is -0.532. The summed E-state index contributed by atoms with van der Waals surface area (Å²) in [6.45, 7) is 10.1. The molecule has 2 aromatic rings. The summed E-state index contributed by atoms with van der Waals surface area (Å²) in [6.07, 6.45) is 0. The van der Waals surface area contributed by atoms with E-state index in [0.29, 0.717) is 11.5 Å². The minimum Gasteiger partial charge on any atom is -0.464 e. The number of methoxy groups -OCH3 is 1. The van der Waals surface area contributed by atoms with Crippen LogP contribution in [0.4, 0.5) is 22.7 Å². The summed E-state index contributed by atoms with van der Waals surface area (Å²) >= 11 is 0. The molecule has 0 bridgehead atoms. The third kappa shape index (κ3) is 5.05. The van der Waals surface area contributed by atoms with Crippen LogP contribution in [-0.4, -0.2) is 40.3 Å². The van der Waals surface area contributed by atoms with E-state index in [9.17, 15) is 4.79 Å². The maximum atomic E-state index is 12.5. The van der Waals surface area contributed by atoms with Crippen molar-refractivity contribution in [2.24, 2.45) is 10.2 Å². The number of hydrogen-bond donors (Lipinski definition) is 0. The number of benzene rings is 2. The molecule has 0 unspecified atom stereocenters. The van der Waals surface area contributed by atoms with Crippen LogP contribution in [0.5, 0.6) is 0 Å². The van der Waals surface area contributed by atoms with Crippen molar-refractivity contribution in [3.63, 3.8) is 0 Å². The maximum absolute atomic E-state index is 12.5. The van der Waals surface area contributed by atoms with Crippen molar-refractivity contribution < 1.29 is 9.53 Å². The number of nitrogens with zero attached hydrogens (tertiary/aromatic N) is 5. The zero-order valence-corrected chi connectivity index (χ0v) is 19.6. The molecule has 1 aliphatic heterocycles. The molecule has 7 heteroatoms. The van der Waals surface area contributed by atoms with Gasteiger partial charge in [0.1, 0.15) is 5.82 Å². The van der Waals surface area contributed by atoms with Crippen molar-refractivity contribution in [3.8, 4) is 0 Å². The molecule has 0 aromatic heterocycles. The molecule has 31 heavy (non-hydrogen) atoms. The summed E-state index contributed by atoms with van der Waals surface area (Å²) in [5.74, 6) is 0.0941. The molecule has 0 spiro atoms. The van der Waals surface area contributed by atoms with E-state index in [1.165, 1.54) is 7.11 Å².